The predicted molar refractivity (Wildman–Crippen MR) is 134 cm³/mol. The molecule has 3 rings (SSSR count). The Morgan fingerprint density at radius 1 is 0.971 bits per heavy atom. The van der Waals surface area contributed by atoms with Crippen molar-refractivity contribution in [3.63, 3.8) is 0 Å². The lowest BCUT2D eigenvalue weighted by atomic mass is 10.0. The molecular weight excluding hydrogens is 430 g/mol. The summed E-state index contributed by atoms with van der Waals surface area (Å²) in [5.74, 6) is 0.854. The first kappa shape index (κ1) is 24.8. The Hall–Kier alpha value is -3.87. The number of hydrazone groups is 1. The zero-order valence-corrected chi connectivity index (χ0v) is 20.0. The number of amides is 2. The second kappa shape index (κ2) is 11.8. The fraction of sp³-hybridized carbons (Fsp3) is 0.296. The Kier molecular flexibility index (Phi) is 8.62. The summed E-state index contributed by atoms with van der Waals surface area (Å²) < 4.78 is 11.0. The third-order valence-electron chi connectivity index (χ3n) is 5.33. The average molecular weight is 462 g/mol. The van der Waals surface area contributed by atoms with E-state index in [2.05, 4.69) is 15.8 Å². The third kappa shape index (κ3) is 6.57. The second-order valence-corrected chi connectivity index (χ2v) is 8.44. The number of carbonyl (C=O) groups is 2. The maximum atomic E-state index is 12.8. The van der Waals surface area contributed by atoms with Gasteiger partial charge in [-0.1, -0.05) is 56.3 Å². The number of carbonyl (C=O) groups excluding carboxylic acids is 2. The lowest BCUT2D eigenvalue weighted by molar-refractivity contribution is -0.130. The van der Waals surface area contributed by atoms with Crippen LogP contribution in [0.5, 0.6) is 11.5 Å². The summed E-state index contributed by atoms with van der Waals surface area (Å²) in [4.78, 5) is 25.3. The monoisotopic (exact) mass is 461 g/mol. The van der Waals surface area contributed by atoms with Crippen molar-refractivity contribution in [2.45, 2.75) is 33.2 Å². The minimum absolute atomic E-state index is 0.173. The second-order valence-electron chi connectivity index (χ2n) is 8.44. The van der Waals surface area contributed by atoms with E-state index in [4.69, 9.17) is 9.47 Å². The highest BCUT2D eigenvalue weighted by Gasteiger charge is 2.22. The van der Waals surface area contributed by atoms with Gasteiger partial charge in [0, 0.05) is 10.9 Å². The van der Waals surface area contributed by atoms with Gasteiger partial charge in [-0.05, 0) is 48.4 Å². The molecule has 0 bridgehead atoms. The molecule has 0 aliphatic carbocycles. The lowest BCUT2D eigenvalue weighted by Gasteiger charge is -2.19. The lowest BCUT2D eigenvalue weighted by Crippen LogP contribution is -2.47. The Balaban J connectivity index is 1.64. The molecular formula is C27H31N3O4. The van der Waals surface area contributed by atoms with Crippen LogP contribution in [-0.4, -0.2) is 37.8 Å². The van der Waals surface area contributed by atoms with Crippen LogP contribution in [0.25, 0.3) is 10.8 Å². The largest absolute Gasteiger partial charge is 0.496 e. The van der Waals surface area contributed by atoms with Gasteiger partial charge in [0.25, 0.3) is 11.8 Å². The molecule has 0 unspecified atom stereocenters. The molecule has 0 fully saturated rings. The van der Waals surface area contributed by atoms with E-state index in [1.165, 1.54) is 0 Å². The molecule has 7 nitrogen and oxygen atoms in total. The number of benzene rings is 3. The molecule has 0 saturated heterocycles. The highest BCUT2D eigenvalue weighted by atomic mass is 16.5. The van der Waals surface area contributed by atoms with E-state index in [-0.39, 0.29) is 24.3 Å². The van der Waals surface area contributed by atoms with Crippen LogP contribution in [-0.2, 0) is 9.59 Å². The number of nitrogens with zero attached hydrogens (tertiary/aromatic N) is 1. The SMILES string of the molecule is COc1ccc(/C=N\NC(=O)[C@H](CC(C)C)NC(=O)COc2ccccc2C)c2ccccc12. The molecule has 0 aromatic heterocycles. The molecule has 2 amide bonds. The Bertz CT molecular complexity index is 1170. The highest BCUT2D eigenvalue weighted by Crippen LogP contribution is 2.27. The van der Waals surface area contributed by atoms with E-state index in [1.807, 2.05) is 75.4 Å². The molecule has 0 spiro atoms. The third-order valence-corrected chi connectivity index (χ3v) is 5.33. The van der Waals surface area contributed by atoms with Gasteiger partial charge >= 0.3 is 0 Å². The van der Waals surface area contributed by atoms with E-state index in [0.717, 1.165) is 27.6 Å². The molecule has 0 heterocycles. The summed E-state index contributed by atoms with van der Waals surface area (Å²) in [6.07, 6.45) is 2.07. The molecule has 3 aromatic rings. The minimum Gasteiger partial charge on any atom is -0.496 e. The van der Waals surface area contributed by atoms with Crippen LogP contribution < -0.4 is 20.2 Å². The van der Waals surface area contributed by atoms with Crippen molar-refractivity contribution in [1.82, 2.24) is 10.7 Å². The fourth-order valence-electron chi connectivity index (χ4n) is 3.63. The first-order valence-electron chi connectivity index (χ1n) is 11.3. The topological polar surface area (TPSA) is 89.0 Å². The Morgan fingerprint density at radius 2 is 1.68 bits per heavy atom. The van der Waals surface area contributed by atoms with Crippen molar-refractivity contribution in [3.05, 3.63) is 71.8 Å². The molecule has 0 aliphatic rings. The zero-order valence-electron chi connectivity index (χ0n) is 20.0. The maximum absolute atomic E-state index is 12.8. The van der Waals surface area contributed by atoms with Gasteiger partial charge in [0.2, 0.25) is 0 Å². The van der Waals surface area contributed by atoms with Crippen molar-refractivity contribution < 1.29 is 19.1 Å². The van der Waals surface area contributed by atoms with Crippen LogP contribution >= 0.6 is 0 Å². The van der Waals surface area contributed by atoms with Gasteiger partial charge in [0.05, 0.1) is 13.3 Å². The molecule has 1 atom stereocenters. The summed E-state index contributed by atoms with van der Waals surface area (Å²) in [6, 6.07) is 18.3. The van der Waals surface area contributed by atoms with E-state index in [9.17, 15) is 9.59 Å². The van der Waals surface area contributed by atoms with E-state index < -0.39 is 6.04 Å². The van der Waals surface area contributed by atoms with Crippen molar-refractivity contribution >= 4 is 28.8 Å². The van der Waals surface area contributed by atoms with Crippen LogP contribution in [0.2, 0.25) is 0 Å². The number of hydrogen-bond donors (Lipinski definition) is 2. The van der Waals surface area contributed by atoms with Gasteiger partial charge in [-0.25, -0.2) is 5.43 Å². The van der Waals surface area contributed by atoms with Gasteiger partial charge in [0.1, 0.15) is 17.5 Å². The predicted octanol–water partition coefficient (Wildman–Crippen LogP) is 4.22. The Morgan fingerprint density at radius 3 is 2.38 bits per heavy atom. The fourth-order valence-corrected chi connectivity index (χ4v) is 3.63. The number of fused-ring (bicyclic) bond motifs is 1. The first-order chi connectivity index (χ1) is 16.4. The molecule has 178 valence electrons. The van der Waals surface area contributed by atoms with Gasteiger partial charge in [0.15, 0.2) is 6.61 Å². The summed E-state index contributed by atoms with van der Waals surface area (Å²) in [6.45, 7) is 5.71. The van der Waals surface area contributed by atoms with Crippen LogP contribution in [0, 0.1) is 12.8 Å². The van der Waals surface area contributed by atoms with Crippen molar-refractivity contribution in [2.75, 3.05) is 13.7 Å². The van der Waals surface area contributed by atoms with Crippen LogP contribution in [0.1, 0.15) is 31.4 Å². The van der Waals surface area contributed by atoms with Crippen molar-refractivity contribution in [2.24, 2.45) is 11.0 Å². The number of aryl methyl sites for hydroxylation is 1. The van der Waals surface area contributed by atoms with E-state index >= 15 is 0 Å². The number of para-hydroxylation sites is 1. The standard InChI is InChI=1S/C27H31N3O4/c1-18(2)15-23(29-26(31)17-34-24-12-8-5-9-19(24)3)27(32)30-28-16-20-13-14-25(33-4)22-11-7-6-10-21(20)22/h5-14,16,18,23H,15,17H2,1-4H3,(H,29,31)(H,30,32)/b28-16-/t23-/m0/s1. The first-order valence-corrected chi connectivity index (χ1v) is 11.3. The van der Waals surface area contributed by atoms with Crippen LogP contribution in [0.4, 0.5) is 0 Å². The summed E-state index contributed by atoms with van der Waals surface area (Å²) in [5, 5.41) is 8.82. The number of methoxy groups -OCH3 is 1. The van der Waals surface area contributed by atoms with E-state index in [0.29, 0.717) is 12.2 Å². The molecule has 3 aromatic carbocycles. The van der Waals surface area contributed by atoms with Crippen molar-refractivity contribution in [3.8, 4) is 11.5 Å². The molecule has 7 heteroatoms. The molecule has 0 radical (unpaired) electrons. The molecule has 0 aliphatic heterocycles. The number of nitrogens with one attached hydrogen (secondary N) is 2. The summed E-state index contributed by atoms with van der Waals surface area (Å²) >= 11 is 0. The highest BCUT2D eigenvalue weighted by molar-refractivity contribution is 6.02. The number of hydrogen-bond acceptors (Lipinski definition) is 5. The average Bonchev–Trinajstić information content (AvgIpc) is 2.83. The van der Waals surface area contributed by atoms with Gasteiger partial charge in [-0.15, -0.1) is 0 Å². The van der Waals surface area contributed by atoms with Gasteiger partial charge in [-0.2, -0.15) is 5.10 Å². The number of rotatable bonds is 10. The molecule has 34 heavy (non-hydrogen) atoms. The van der Waals surface area contributed by atoms with Crippen LogP contribution in [0.15, 0.2) is 65.8 Å². The quantitative estimate of drug-likeness (QED) is 0.350. The van der Waals surface area contributed by atoms with Crippen molar-refractivity contribution in [1.29, 1.82) is 0 Å². The molecule has 0 saturated carbocycles. The van der Waals surface area contributed by atoms with Gasteiger partial charge in [-0.3, -0.25) is 9.59 Å². The van der Waals surface area contributed by atoms with E-state index in [1.54, 1.807) is 19.4 Å². The number of ether oxygens (including phenoxy) is 2. The van der Waals surface area contributed by atoms with Crippen LogP contribution in [0.3, 0.4) is 0 Å². The zero-order chi connectivity index (χ0) is 24.5. The smallest absolute Gasteiger partial charge is 0.262 e. The normalized spacial score (nSPS) is 12.0. The summed E-state index contributed by atoms with van der Waals surface area (Å²) in [5.41, 5.74) is 4.34. The van der Waals surface area contributed by atoms with Gasteiger partial charge < -0.3 is 14.8 Å². The summed E-state index contributed by atoms with van der Waals surface area (Å²) in [7, 11) is 1.63. The Labute approximate surface area is 200 Å². The molecule has 2 N–H and O–H groups in total. The maximum Gasteiger partial charge on any atom is 0.262 e. The minimum atomic E-state index is -0.724.